The Hall–Kier alpha value is -0.470. The molecule has 0 amide bonds. The molecule has 120 valence electrons. The molecule has 7 heteroatoms. The van der Waals surface area contributed by atoms with Crippen LogP contribution in [0.1, 0.15) is 22.6 Å². The van der Waals surface area contributed by atoms with Crippen molar-refractivity contribution in [2.45, 2.75) is 31.2 Å². The molecule has 0 aliphatic carbocycles. The molecule has 1 aromatic rings. The highest BCUT2D eigenvalue weighted by atomic mass is 32.2. The van der Waals surface area contributed by atoms with Crippen LogP contribution in [0, 0.1) is 12.8 Å². The number of sulfonamides is 1. The van der Waals surface area contributed by atoms with Crippen molar-refractivity contribution >= 4 is 21.4 Å². The first kappa shape index (κ1) is 16.9. The van der Waals surface area contributed by atoms with E-state index in [9.17, 15) is 8.42 Å². The zero-order valence-electron chi connectivity index (χ0n) is 13.0. The molecule has 1 aliphatic rings. The molecule has 0 bridgehead atoms. The summed E-state index contributed by atoms with van der Waals surface area (Å²) in [5, 5.41) is 3.05. The smallest absolute Gasteiger partial charge is 0.241 e. The molecule has 0 spiro atoms. The van der Waals surface area contributed by atoms with Crippen LogP contribution in [0.3, 0.4) is 0 Å². The molecule has 0 saturated carbocycles. The summed E-state index contributed by atoms with van der Waals surface area (Å²) in [4.78, 5) is 4.60. The second-order valence-corrected chi connectivity index (χ2v) is 8.86. The molecule has 1 unspecified atom stereocenters. The molecule has 1 aliphatic heterocycles. The minimum absolute atomic E-state index is 0.411. The van der Waals surface area contributed by atoms with Gasteiger partial charge < -0.3 is 10.2 Å². The molecule has 0 radical (unpaired) electrons. The lowest BCUT2D eigenvalue weighted by atomic mass is 9.99. The van der Waals surface area contributed by atoms with Crippen LogP contribution in [0.5, 0.6) is 0 Å². The van der Waals surface area contributed by atoms with Gasteiger partial charge in [-0.2, -0.15) is 0 Å². The predicted octanol–water partition coefficient (Wildman–Crippen LogP) is 1.40. The Balaban J connectivity index is 2.01. The standard InChI is InChI=1S/C14H25N3O2S2/c1-11-14(7-13(20-11)9-15-2)21(18,19)16-8-12-5-4-6-17(3)10-12/h7,12,15-16H,4-6,8-10H2,1-3H3. The summed E-state index contributed by atoms with van der Waals surface area (Å²) < 4.78 is 27.7. The van der Waals surface area contributed by atoms with E-state index in [0.29, 0.717) is 23.9 Å². The van der Waals surface area contributed by atoms with Gasteiger partial charge in [-0.25, -0.2) is 13.1 Å². The van der Waals surface area contributed by atoms with E-state index in [1.165, 1.54) is 11.3 Å². The predicted molar refractivity (Wildman–Crippen MR) is 87.2 cm³/mol. The molecular formula is C14H25N3O2S2. The van der Waals surface area contributed by atoms with Crippen LogP contribution in [0.2, 0.25) is 0 Å². The number of nitrogens with one attached hydrogen (secondary N) is 2. The Labute approximate surface area is 131 Å². The monoisotopic (exact) mass is 331 g/mol. The van der Waals surface area contributed by atoms with Gasteiger partial charge in [0.2, 0.25) is 10.0 Å². The fraction of sp³-hybridized carbons (Fsp3) is 0.714. The minimum atomic E-state index is -3.39. The molecule has 1 aromatic heterocycles. The molecular weight excluding hydrogens is 306 g/mol. The van der Waals surface area contributed by atoms with Crippen molar-refractivity contribution in [2.24, 2.45) is 5.92 Å². The Morgan fingerprint density at radius 1 is 1.48 bits per heavy atom. The van der Waals surface area contributed by atoms with Crippen molar-refractivity contribution < 1.29 is 8.42 Å². The fourth-order valence-electron chi connectivity index (χ4n) is 2.80. The van der Waals surface area contributed by atoms with Gasteiger partial charge in [0.05, 0.1) is 4.90 Å². The lowest BCUT2D eigenvalue weighted by molar-refractivity contribution is 0.211. The number of hydrogen-bond acceptors (Lipinski definition) is 5. The summed E-state index contributed by atoms with van der Waals surface area (Å²) in [5.41, 5.74) is 0. The van der Waals surface area contributed by atoms with Gasteiger partial charge in [-0.1, -0.05) is 0 Å². The van der Waals surface area contributed by atoms with Crippen LogP contribution in [0.15, 0.2) is 11.0 Å². The molecule has 0 aromatic carbocycles. The highest BCUT2D eigenvalue weighted by molar-refractivity contribution is 7.89. The Bertz CT molecular complexity index is 569. The van der Waals surface area contributed by atoms with E-state index >= 15 is 0 Å². The van der Waals surface area contributed by atoms with Crippen molar-refractivity contribution in [2.75, 3.05) is 33.7 Å². The summed E-state index contributed by atoms with van der Waals surface area (Å²) >= 11 is 1.54. The van der Waals surface area contributed by atoms with E-state index in [4.69, 9.17) is 0 Å². The highest BCUT2D eigenvalue weighted by Crippen LogP contribution is 2.26. The minimum Gasteiger partial charge on any atom is -0.315 e. The van der Waals surface area contributed by atoms with E-state index in [-0.39, 0.29) is 0 Å². The van der Waals surface area contributed by atoms with E-state index in [0.717, 1.165) is 35.7 Å². The van der Waals surface area contributed by atoms with Gasteiger partial charge in [0, 0.05) is 29.4 Å². The summed E-state index contributed by atoms with van der Waals surface area (Å²) in [6, 6.07) is 1.78. The Kier molecular flexibility index (Phi) is 5.79. The SMILES string of the molecule is CNCc1cc(S(=O)(=O)NCC2CCCN(C)C2)c(C)s1. The molecule has 21 heavy (non-hydrogen) atoms. The average molecular weight is 332 g/mol. The van der Waals surface area contributed by atoms with Crippen molar-refractivity contribution in [3.8, 4) is 0 Å². The van der Waals surface area contributed by atoms with Crippen LogP contribution < -0.4 is 10.0 Å². The van der Waals surface area contributed by atoms with Crippen LogP contribution in [-0.4, -0.2) is 47.0 Å². The lowest BCUT2D eigenvalue weighted by Crippen LogP contribution is -2.39. The van der Waals surface area contributed by atoms with Crippen LogP contribution in [0.25, 0.3) is 0 Å². The molecule has 1 saturated heterocycles. The number of piperidine rings is 1. The van der Waals surface area contributed by atoms with Crippen molar-refractivity contribution in [1.29, 1.82) is 0 Å². The van der Waals surface area contributed by atoms with Gasteiger partial charge in [0.15, 0.2) is 0 Å². The van der Waals surface area contributed by atoms with E-state index in [1.54, 1.807) is 6.07 Å². The second-order valence-electron chi connectivity index (χ2n) is 5.79. The maximum absolute atomic E-state index is 12.5. The first-order valence-electron chi connectivity index (χ1n) is 7.34. The van der Waals surface area contributed by atoms with E-state index in [2.05, 4.69) is 22.0 Å². The second kappa shape index (κ2) is 7.19. The van der Waals surface area contributed by atoms with Crippen molar-refractivity contribution in [3.63, 3.8) is 0 Å². The average Bonchev–Trinajstić information content (AvgIpc) is 2.79. The van der Waals surface area contributed by atoms with Gasteiger partial charge in [-0.3, -0.25) is 0 Å². The number of likely N-dealkylation sites (tertiary alicyclic amines) is 1. The third kappa shape index (κ3) is 4.50. The van der Waals surface area contributed by atoms with Crippen molar-refractivity contribution in [3.05, 3.63) is 15.8 Å². The van der Waals surface area contributed by atoms with Gasteiger partial charge in [-0.05, 0) is 52.4 Å². The summed E-state index contributed by atoms with van der Waals surface area (Å²) in [6.07, 6.45) is 2.24. The number of aryl methyl sites for hydroxylation is 1. The Morgan fingerprint density at radius 3 is 2.90 bits per heavy atom. The number of nitrogens with zero attached hydrogens (tertiary/aromatic N) is 1. The first-order valence-corrected chi connectivity index (χ1v) is 9.64. The fourth-order valence-corrected chi connectivity index (χ4v) is 5.56. The lowest BCUT2D eigenvalue weighted by Gasteiger charge is -2.29. The highest BCUT2D eigenvalue weighted by Gasteiger charge is 2.23. The number of thiophene rings is 1. The number of rotatable bonds is 6. The maximum atomic E-state index is 12.5. The van der Waals surface area contributed by atoms with Crippen LogP contribution in [-0.2, 0) is 16.6 Å². The van der Waals surface area contributed by atoms with Gasteiger partial charge >= 0.3 is 0 Å². The normalized spacial score (nSPS) is 20.8. The molecule has 2 N–H and O–H groups in total. The molecule has 5 nitrogen and oxygen atoms in total. The third-order valence-corrected chi connectivity index (χ3v) is 6.58. The first-order chi connectivity index (χ1) is 9.92. The molecule has 1 atom stereocenters. The van der Waals surface area contributed by atoms with E-state index in [1.807, 2.05) is 14.0 Å². The summed E-state index contributed by atoms with van der Waals surface area (Å²) in [5.74, 6) is 0.411. The molecule has 2 rings (SSSR count). The zero-order chi connectivity index (χ0) is 15.5. The summed E-state index contributed by atoms with van der Waals surface area (Å²) in [7, 11) is 0.562. The third-order valence-electron chi connectivity index (χ3n) is 3.85. The van der Waals surface area contributed by atoms with Gasteiger partial charge in [0.1, 0.15) is 0 Å². The summed E-state index contributed by atoms with van der Waals surface area (Å²) in [6.45, 7) is 5.18. The van der Waals surface area contributed by atoms with Crippen LogP contribution >= 0.6 is 11.3 Å². The van der Waals surface area contributed by atoms with Crippen LogP contribution in [0.4, 0.5) is 0 Å². The number of hydrogen-bond donors (Lipinski definition) is 2. The maximum Gasteiger partial charge on any atom is 0.241 e. The quantitative estimate of drug-likeness (QED) is 0.827. The van der Waals surface area contributed by atoms with Gasteiger partial charge in [0.25, 0.3) is 0 Å². The van der Waals surface area contributed by atoms with E-state index < -0.39 is 10.0 Å². The topological polar surface area (TPSA) is 61.4 Å². The van der Waals surface area contributed by atoms with Gasteiger partial charge in [-0.15, -0.1) is 11.3 Å². The molecule has 1 fully saturated rings. The largest absolute Gasteiger partial charge is 0.315 e. The van der Waals surface area contributed by atoms with Crippen molar-refractivity contribution in [1.82, 2.24) is 14.9 Å². The molecule has 2 heterocycles. The zero-order valence-corrected chi connectivity index (χ0v) is 14.6. The Morgan fingerprint density at radius 2 is 2.24 bits per heavy atom.